The lowest BCUT2D eigenvalue weighted by molar-refractivity contribution is -0.119. The van der Waals surface area contributed by atoms with Crippen LogP contribution in [0.4, 0.5) is 5.00 Å². The maximum atomic E-state index is 12.4. The van der Waals surface area contributed by atoms with Crippen molar-refractivity contribution < 1.29 is 19.1 Å². The number of hydrogen-bond donors (Lipinski definition) is 2. The Balaban J connectivity index is 2.08. The first-order chi connectivity index (χ1) is 9.92. The number of hydrogen-bond acceptors (Lipinski definition) is 6. The molecule has 0 radical (unpaired) electrons. The van der Waals surface area contributed by atoms with Crippen molar-refractivity contribution in [3.8, 4) is 0 Å². The number of thiophene rings is 1. The van der Waals surface area contributed by atoms with E-state index in [1.165, 1.54) is 20.1 Å². The summed E-state index contributed by atoms with van der Waals surface area (Å²) in [5.74, 6) is -0.849. The van der Waals surface area contributed by atoms with Crippen LogP contribution in [-0.2, 0) is 9.53 Å². The molecule has 0 aliphatic carbocycles. The van der Waals surface area contributed by atoms with Gasteiger partial charge in [0.1, 0.15) is 5.00 Å². The van der Waals surface area contributed by atoms with Gasteiger partial charge >= 0.3 is 5.97 Å². The molecular weight excluding hydrogens is 294 g/mol. The third-order valence-corrected chi connectivity index (χ3v) is 4.21. The SMILES string of the molecule is COC(=O)c1cc(C(=O)N2CC[C@H](NC(C)=O)C2)sc1N. The summed E-state index contributed by atoms with van der Waals surface area (Å²) in [6, 6.07) is 1.43. The average Bonchev–Trinajstić information content (AvgIpc) is 3.03. The van der Waals surface area contributed by atoms with Crippen LogP contribution in [0.1, 0.15) is 33.4 Å². The molecule has 0 aromatic carbocycles. The molecule has 2 heterocycles. The second-order valence-electron chi connectivity index (χ2n) is 4.82. The Morgan fingerprint density at radius 2 is 2.19 bits per heavy atom. The smallest absolute Gasteiger partial charge is 0.340 e. The van der Waals surface area contributed by atoms with E-state index in [1.807, 2.05) is 0 Å². The topological polar surface area (TPSA) is 102 Å². The fraction of sp³-hybridized carbons (Fsp3) is 0.462. The predicted octanol–water partition coefficient (Wildman–Crippen LogP) is 0.467. The summed E-state index contributed by atoms with van der Waals surface area (Å²) in [5.41, 5.74) is 5.95. The molecule has 2 rings (SSSR count). The number of nitrogen functional groups attached to an aromatic ring is 1. The number of esters is 1. The summed E-state index contributed by atoms with van der Waals surface area (Å²) in [7, 11) is 1.26. The summed E-state index contributed by atoms with van der Waals surface area (Å²) < 4.78 is 4.61. The van der Waals surface area contributed by atoms with E-state index in [-0.39, 0.29) is 28.4 Å². The highest BCUT2D eigenvalue weighted by molar-refractivity contribution is 7.18. The Kier molecular flexibility index (Phi) is 4.46. The van der Waals surface area contributed by atoms with Gasteiger partial charge in [-0.2, -0.15) is 0 Å². The molecule has 7 nitrogen and oxygen atoms in total. The van der Waals surface area contributed by atoms with Gasteiger partial charge in [-0.15, -0.1) is 11.3 Å². The number of methoxy groups -OCH3 is 1. The highest BCUT2D eigenvalue weighted by Crippen LogP contribution is 2.27. The van der Waals surface area contributed by atoms with Crippen molar-refractivity contribution in [3.63, 3.8) is 0 Å². The number of nitrogens with zero attached hydrogens (tertiary/aromatic N) is 1. The van der Waals surface area contributed by atoms with Crippen molar-refractivity contribution >= 4 is 34.1 Å². The molecule has 1 aromatic rings. The first kappa shape index (κ1) is 15.3. The van der Waals surface area contributed by atoms with Crippen molar-refractivity contribution in [3.05, 3.63) is 16.5 Å². The zero-order chi connectivity index (χ0) is 15.6. The maximum absolute atomic E-state index is 12.4. The summed E-state index contributed by atoms with van der Waals surface area (Å²) in [6.45, 7) is 2.48. The van der Waals surface area contributed by atoms with Crippen LogP contribution in [0.2, 0.25) is 0 Å². The molecule has 2 amide bonds. The minimum atomic E-state index is -0.555. The van der Waals surface area contributed by atoms with Crippen molar-refractivity contribution in [2.45, 2.75) is 19.4 Å². The molecule has 1 aromatic heterocycles. The van der Waals surface area contributed by atoms with Crippen molar-refractivity contribution in [2.24, 2.45) is 0 Å². The molecule has 114 valence electrons. The molecule has 1 aliphatic rings. The Hall–Kier alpha value is -2.09. The molecule has 1 atom stereocenters. The molecule has 1 fully saturated rings. The number of ether oxygens (including phenoxy) is 1. The standard InChI is InChI=1S/C13H17N3O4S/c1-7(17)15-8-3-4-16(6-8)12(18)10-5-9(11(14)21-10)13(19)20-2/h5,8H,3-4,6,14H2,1-2H3,(H,15,17)/t8-/m0/s1. The fourth-order valence-corrected chi connectivity index (χ4v) is 3.17. The summed E-state index contributed by atoms with van der Waals surface area (Å²) in [5, 5.41) is 3.06. The van der Waals surface area contributed by atoms with Crippen LogP contribution < -0.4 is 11.1 Å². The number of carbonyl (C=O) groups is 3. The quantitative estimate of drug-likeness (QED) is 0.790. The summed E-state index contributed by atoms with van der Waals surface area (Å²) in [6.07, 6.45) is 0.718. The third kappa shape index (κ3) is 3.33. The highest BCUT2D eigenvalue weighted by Gasteiger charge is 2.29. The lowest BCUT2D eigenvalue weighted by atomic mass is 10.2. The van der Waals surface area contributed by atoms with Crippen LogP contribution in [0.3, 0.4) is 0 Å². The first-order valence-electron chi connectivity index (χ1n) is 6.46. The Bertz CT molecular complexity index is 584. The number of rotatable bonds is 3. The molecule has 0 spiro atoms. The largest absolute Gasteiger partial charge is 0.465 e. The van der Waals surface area contributed by atoms with E-state index >= 15 is 0 Å². The van der Waals surface area contributed by atoms with Crippen molar-refractivity contribution in [1.82, 2.24) is 10.2 Å². The monoisotopic (exact) mass is 311 g/mol. The zero-order valence-corrected chi connectivity index (χ0v) is 12.7. The van der Waals surface area contributed by atoms with Gasteiger partial charge < -0.3 is 20.7 Å². The van der Waals surface area contributed by atoms with Crippen LogP contribution in [0.15, 0.2) is 6.07 Å². The van der Waals surface area contributed by atoms with Gasteiger partial charge in [-0.25, -0.2) is 4.79 Å². The lowest BCUT2D eigenvalue weighted by Gasteiger charge is -2.15. The third-order valence-electron chi connectivity index (χ3n) is 3.26. The van der Waals surface area contributed by atoms with E-state index in [1.54, 1.807) is 4.90 Å². The van der Waals surface area contributed by atoms with Gasteiger partial charge in [-0.05, 0) is 12.5 Å². The van der Waals surface area contributed by atoms with E-state index in [9.17, 15) is 14.4 Å². The Morgan fingerprint density at radius 1 is 1.48 bits per heavy atom. The number of nitrogens with one attached hydrogen (secondary N) is 1. The molecule has 1 aliphatic heterocycles. The Labute approximate surface area is 126 Å². The van der Waals surface area contributed by atoms with Crippen LogP contribution in [0.25, 0.3) is 0 Å². The van der Waals surface area contributed by atoms with Gasteiger partial charge in [0, 0.05) is 26.1 Å². The number of carbonyl (C=O) groups excluding carboxylic acids is 3. The van der Waals surface area contributed by atoms with Gasteiger partial charge in [0.05, 0.1) is 17.6 Å². The van der Waals surface area contributed by atoms with E-state index in [4.69, 9.17) is 5.73 Å². The zero-order valence-electron chi connectivity index (χ0n) is 11.8. The Morgan fingerprint density at radius 3 is 2.81 bits per heavy atom. The highest BCUT2D eigenvalue weighted by atomic mass is 32.1. The van der Waals surface area contributed by atoms with Gasteiger partial charge in [-0.1, -0.05) is 0 Å². The number of amides is 2. The van der Waals surface area contributed by atoms with E-state index in [0.717, 1.165) is 17.8 Å². The summed E-state index contributed by atoms with van der Waals surface area (Å²) >= 11 is 1.07. The van der Waals surface area contributed by atoms with Crippen molar-refractivity contribution in [2.75, 3.05) is 25.9 Å². The number of likely N-dealkylation sites (tertiary alicyclic amines) is 1. The molecule has 21 heavy (non-hydrogen) atoms. The molecule has 0 saturated carbocycles. The van der Waals surface area contributed by atoms with E-state index in [2.05, 4.69) is 10.1 Å². The molecule has 0 bridgehead atoms. The van der Waals surface area contributed by atoms with Gasteiger partial charge in [0.2, 0.25) is 5.91 Å². The minimum Gasteiger partial charge on any atom is -0.465 e. The molecule has 1 saturated heterocycles. The summed E-state index contributed by atoms with van der Waals surface area (Å²) in [4.78, 5) is 36.9. The molecule has 0 unspecified atom stereocenters. The normalized spacial score (nSPS) is 17.6. The van der Waals surface area contributed by atoms with Gasteiger partial charge in [0.15, 0.2) is 0 Å². The lowest BCUT2D eigenvalue weighted by Crippen LogP contribution is -2.37. The van der Waals surface area contributed by atoms with Crippen LogP contribution >= 0.6 is 11.3 Å². The maximum Gasteiger partial charge on any atom is 0.340 e. The van der Waals surface area contributed by atoms with Crippen molar-refractivity contribution in [1.29, 1.82) is 0 Å². The molecule has 3 N–H and O–H groups in total. The van der Waals surface area contributed by atoms with Gasteiger partial charge in [0.25, 0.3) is 5.91 Å². The van der Waals surface area contributed by atoms with Gasteiger partial charge in [-0.3, -0.25) is 9.59 Å². The number of nitrogens with two attached hydrogens (primary N) is 1. The number of anilines is 1. The van der Waals surface area contributed by atoms with E-state index in [0.29, 0.717) is 18.0 Å². The fourth-order valence-electron chi connectivity index (χ4n) is 2.29. The first-order valence-corrected chi connectivity index (χ1v) is 7.28. The molecular formula is C13H17N3O4S. The van der Waals surface area contributed by atoms with Crippen LogP contribution in [0.5, 0.6) is 0 Å². The van der Waals surface area contributed by atoms with E-state index < -0.39 is 5.97 Å². The molecule has 8 heteroatoms. The van der Waals surface area contributed by atoms with Crippen LogP contribution in [0, 0.1) is 0 Å². The average molecular weight is 311 g/mol. The van der Waals surface area contributed by atoms with Crippen LogP contribution in [-0.4, -0.2) is 48.9 Å². The second-order valence-corrected chi connectivity index (χ2v) is 5.90. The minimum absolute atomic E-state index is 0.0242. The second kappa shape index (κ2) is 6.13. The predicted molar refractivity (Wildman–Crippen MR) is 78.2 cm³/mol.